The molecule has 0 bridgehead atoms. The lowest BCUT2D eigenvalue weighted by Crippen LogP contribution is -2.39. The highest BCUT2D eigenvalue weighted by molar-refractivity contribution is 6.22. The van der Waals surface area contributed by atoms with Crippen LogP contribution in [0.3, 0.4) is 0 Å². The maximum absolute atomic E-state index is 13.7. The van der Waals surface area contributed by atoms with Gasteiger partial charge >= 0.3 is 0 Å². The molecular weight excluding hydrogens is 520 g/mol. The number of ether oxygens (including phenoxy) is 1. The van der Waals surface area contributed by atoms with E-state index in [1.54, 1.807) is 61.8 Å². The lowest BCUT2D eigenvalue weighted by atomic mass is 9.68. The van der Waals surface area contributed by atoms with Crippen molar-refractivity contribution < 1.29 is 29.6 Å². The highest BCUT2D eigenvalue weighted by Crippen LogP contribution is 2.47. The van der Waals surface area contributed by atoms with Gasteiger partial charge in [-0.1, -0.05) is 36.4 Å². The molecule has 4 atom stereocenters. The summed E-state index contributed by atoms with van der Waals surface area (Å²) in [6, 6.07) is 21.3. The Morgan fingerprint density at radius 3 is 2.44 bits per heavy atom. The molecule has 2 heterocycles. The molecule has 3 aromatic rings. The number of hydrogen-bond donors (Lipinski definition) is 3. The molecule has 212 valence electrons. The van der Waals surface area contributed by atoms with Gasteiger partial charge in [0.15, 0.2) is 0 Å². The Labute approximate surface area is 239 Å². The summed E-state index contributed by atoms with van der Waals surface area (Å²) < 4.78 is 5.46. The molecule has 1 aliphatic heterocycles. The van der Waals surface area contributed by atoms with Gasteiger partial charge in [0.1, 0.15) is 5.75 Å². The summed E-state index contributed by atoms with van der Waals surface area (Å²) in [6.07, 6.45) is 3.75. The number of anilines is 1. The van der Waals surface area contributed by atoms with Crippen LogP contribution in [0.2, 0.25) is 0 Å². The first-order valence-electron chi connectivity index (χ1n) is 13.8. The highest BCUT2D eigenvalue weighted by atomic mass is 16.5. The Morgan fingerprint density at radius 2 is 1.78 bits per heavy atom. The van der Waals surface area contributed by atoms with Gasteiger partial charge in [0.25, 0.3) is 0 Å². The molecule has 8 heteroatoms. The fourth-order valence-corrected chi connectivity index (χ4v) is 6.14. The van der Waals surface area contributed by atoms with Crippen LogP contribution in [0, 0.1) is 17.8 Å². The number of phenolic OH excluding ortho intramolecular Hbond substituents is 1. The zero-order valence-electron chi connectivity index (χ0n) is 22.9. The Kier molecular flexibility index (Phi) is 8.73. The minimum Gasteiger partial charge on any atom is -0.508 e. The normalized spacial score (nSPS) is 21.8. The van der Waals surface area contributed by atoms with Gasteiger partial charge < -0.3 is 20.1 Å². The molecule has 1 saturated heterocycles. The van der Waals surface area contributed by atoms with Crippen LogP contribution < -0.4 is 4.90 Å². The average molecular weight is 555 g/mol. The Morgan fingerprint density at radius 1 is 1.05 bits per heavy atom. The Hall–Kier alpha value is -4.11. The fraction of sp³-hybridized carbons (Fsp3) is 0.303. The SMILES string of the molecule is COCC1=C([C@H](O)CC/C(=C/c2ccc(O)cc2)c2ccccn2)[C@H](CO)[C@@H]2C(=O)N(c3ccccc3)C(=O)[C@@H]2C1. The lowest BCUT2D eigenvalue weighted by Gasteiger charge is -2.36. The third kappa shape index (κ3) is 5.86. The molecule has 3 N–H and O–H groups in total. The fourth-order valence-electron chi connectivity index (χ4n) is 6.14. The summed E-state index contributed by atoms with van der Waals surface area (Å²) in [5.74, 6) is -2.57. The minimum atomic E-state index is -0.973. The van der Waals surface area contributed by atoms with Crippen molar-refractivity contribution in [3.63, 3.8) is 0 Å². The first-order chi connectivity index (χ1) is 19.9. The summed E-state index contributed by atoms with van der Waals surface area (Å²) in [6.45, 7) is -0.186. The largest absolute Gasteiger partial charge is 0.508 e. The van der Waals surface area contributed by atoms with Crippen molar-refractivity contribution in [1.82, 2.24) is 4.98 Å². The van der Waals surface area contributed by atoms with Crippen molar-refractivity contribution in [1.29, 1.82) is 0 Å². The van der Waals surface area contributed by atoms with E-state index in [4.69, 9.17) is 4.74 Å². The number of benzene rings is 2. The van der Waals surface area contributed by atoms with E-state index in [1.807, 2.05) is 30.3 Å². The molecule has 2 aromatic carbocycles. The monoisotopic (exact) mass is 554 g/mol. The predicted molar refractivity (Wildman–Crippen MR) is 155 cm³/mol. The zero-order chi connectivity index (χ0) is 28.9. The molecule has 0 saturated carbocycles. The van der Waals surface area contributed by atoms with Crippen molar-refractivity contribution in [3.05, 3.63) is 101 Å². The van der Waals surface area contributed by atoms with Gasteiger partial charge in [-0.3, -0.25) is 19.5 Å². The molecule has 2 amide bonds. The second kappa shape index (κ2) is 12.6. The number of amides is 2. The van der Waals surface area contributed by atoms with Gasteiger partial charge in [-0.05, 0) is 84.0 Å². The third-order valence-corrected chi connectivity index (χ3v) is 7.99. The van der Waals surface area contributed by atoms with Gasteiger partial charge in [-0.2, -0.15) is 0 Å². The van der Waals surface area contributed by atoms with Crippen LogP contribution in [0.1, 0.15) is 30.5 Å². The average Bonchev–Trinajstić information content (AvgIpc) is 3.25. The van der Waals surface area contributed by atoms with E-state index in [0.717, 1.165) is 22.4 Å². The van der Waals surface area contributed by atoms with Gasteiger partial charge in [-0.25, -0.2) is 0 Å². The molecule has 0 spiro atoms. The lowest BCUT2D eigenvalue weighted by molar-refractivity contribution is -0.123. The topological polar surface area (TPSA) is 120 Å². The van der Waals surface area contributed by atoms with E-state index >= 15 is 0 Å². The molecular formula is C33H34N2O6. The number of pyridine rings is 1. The summed E-state index contributed by atoms with van der Waals surface area (Å²) in [5.41, 5.74) is 4.36. The van der Waals surface area contributed by atoms with Crippen molar-refractivity contribution in [3.8, 4) is 5.75 Å². The molecule has 1 aromatic heterocycles. The van der Waals surface area contributed by atoms with E-state index in [1.165, 1.54) is 4.90 Å². The van der Waals surface area contributed by atoms with E-state index in [0.29, 0.717) is 24.1 Å². The van der Waals surface area contributed by atoms with Crippen LogP contribution in [0.15, 0.2) is 90.1 Å². The number of carbonyl (C=O) groups is 2. The van der Waals surface area contributed by atoms with Crippen LogP contribution in [-0.4, -0.2) is 58.5 Å². The second-order valence-electron chi connectivity index (χ2n) is 10.5. The highest BCUT2D eigenvalue weighted by Gasteiger charge is 2.55. The molecule has 1 aliphatic carbocycles. The van der Waals surface area contributed by atoms with Crippen LogP contribution >= 0.6 is 0 Å². The first-order valence-corrected chi connectivity index (χ1v) is 13.8. The molecule has 0 radical (unpaired) electrons. The van der Waals surface area contributed by atoms with Gasteiger partial charge in [0.2, 0.25) is 11.8 Å². The number of rotatable bonds is 10. The van der Waals surface area contributed by atoms with Gasteiger partial charge in [0, 0.05) is 19.2 Å². The molecule has 41 heavy (non-hydrogen) atoms. The standard InChI is InChI=1S/C33H34N2O6/c1-41-20-23-18-26-31(33(40)35(32(26)39)24-7-3-2-4-8-24)27(19-36)30(23)29(38)15-12-22(28-9-5-6-16-34-28)17-21-10-13-25(37)14-11-21/h2-11,13-14,16-17,26-27,29,31,36-38H,12,15,18-20H2,1H3/b22-17-/t26-,27+,29-,31-/m1/s1. The maximum Gasteiger partial charge on any atom is 0.238 e. The van der Waals surface area contributed by atoms with Crippen molar-refractivity contribution in [2.75, 3.05) is 25.2 Å². The molecule has 2 aliphatic rings. The number of methoxy groups -OCH3 is 1. The molecule has 8 nitrogen and oxygen atoms in total. The van der Waals surface area contributed by atoms with Crippen molar-refractivity contribution in [2.24, 2.45) is 17.8 Å². The summed E-state index contributed by atoms with van der Waals surface area (Å²) >= 11 is 0. The van der Waals surface area contributed by atoms with Crippen molar-refractivity contribution >= 4 is 29.2 Å². The van der Waals surface area contributed by atoms with Crippen LogP contribution in [0.5, 0.6) is 5.75 Å². The number of imide groups is 1. The number of hydrogen-bond acceptors (Lipinski definition) is 7. The number of aliphatic hydroxyl groups is 2. The number of aliphatic hydroxyl groups excluding tert-OH is 2. The maximum atomic E-state index is 13.7. The smallest absolute Gasteiger partial charge is 0.238 e. The third-order valence-electron chi connectivity index (χ3n) is 7.99. The number of aromatic nitrogens is 1. The molecule has 5 rings (SSSR count). The number of phenols is 1. The van der Waals surface area contributed by atoms with Crippen LogP contribution in [-0.2, 0) is 14.3 Å². The predicted octanol–water partition coefficient (Wildman–Crippen LogP) is 4.23. The zero-order valence-corrected chi connectivity index (χ0v) is 22.9. The molecule has 1 fully saturated rings. The van der Waals surface area contributed by atoms with Crippen molar-refractivity contribution in [2.45, 2.75) is 25.4 Å². The van der Waals surface area contributed by atoms with Gasteiger partial charge in [-0.15, -0.1) is 0 Å². The van der Waals surface area contributed by atoms with Crippen LogP contribution in [0.4, 0.5) is 5.69 Å². The Bertz CT molecular complexity index is 1440. The quantitative estimate of drug-likeness (QED) is 0.253. The second-order valence-corrected chi connectivity index (χ2v) is 10.5. The van der Waals surface area contributed by atoms with E-state index in [-0.39, 0.29) is 37.2 Å². The first kappa shape index (κ1) is 28.4. The summed E-state index contributed by atoms with van der Waals surface area (Å²) in [7, 11) is 1.55. The van der Waals surface area contributed by atoms with E-state index in [2.05, 4.69) is 4.98 Å². The van der Waals surface area contributed by atoms with E-state index in [9.17, 15) is 24.9 Å². The summed E-state index contributed by atoms with van der Waals surface area (Å²) in [4.78, 5) is 32.8. The number of para-hydroxylation sites is 1. The number of carbonyl (C=O) groups excluding carboxylic acids is 2. The van der Waals surface area contributed by atoms with Crippen LogP contribution in [0.25, 0.3) is 11.6 Å². The van der Waals surface area contributed by atoms with E-state index < -0.39 is 23.9 Å². The summed E-state index contributed by atoms with van der Waals surface area (Å²) in [5, 5.41) is 31.9. The number of aromatic hydroxyl groups is 1. The minimum absolute atomic E-state index is 0.172. The number of allylic oxidation sites excluding steroid dienone is 1. The molecule has 0 unspecified atom stereocenters. The number of fused-ring (bicyclic) bond motifs is 1. The van der Waals surface area contributed by atoms with Gasteiger partial charge in [0.05, 0.1) is 42.5 Å². The number of nitrogens with zero attached hydrogens (tertiary/aromatic N) is 2. The Balaban J connectivity index is 1.44.